The normalized spacial score (nSPS) is 9.64. The van der Waals surface area contributed by atoms with Crippen LogP contribution in [0.2, 0.25) is 0 Å². The molecule has 0 aliphatic carbocycles. The quantitative estimate of drug-likeness (QED) is 0.685. The number of hydrogen-bond donors (Lipinski definition) is 1. The molecule has 1 rings (SSSR count). The molecule has 0 aliphatic rings. The molecule has 0 saturated carbocycles. The summed E-state index contributed by atoms with van der Waals surface area (Å²) in [5, 5.41) is 8.67. The standard InChI is InChI=1S/C7H9NO3/c1-8-4-3-5(11-2)6(8)7(9)10/h3-4H,1-2H3,(H,9,10). The molecule has 0 aromatic carbocycles. The smallest absolute Gasteiger partial charge is 0.356 e. The molecule has 0 radical (unpaired) electrons. The van der Waals surface area contributed by atoms with Crippen LogP contribution in [0, 0.1) is 0 Å². The van der Waals surface area contributed by atoms with Crippen molar-refractivity contribution in [2.24, 2.45) is 7.05 Å². The number of aryl methyl sites for hydroxylation is 1. The summed E-state index contributed by atoms with van der Waals surface area (Å²) in [6.45, 7) is 0. The highest BCUT2D eigenvalue weighted by Crippen LogP contribution is 2.17. The Bertz CT molecular complexity index is 277. The third-order valence-electron chi connectivity index (χ3n) is 1.46. The van der Waals surface area contributed by atoms with Gasteiger partial charge in [0.25, 0.3) is 0 Å². The van der Waals surface area contributed by atoms with Gasteiger partial charge in [-0.25, -0.2) is 4.79 Å². The van der Waals surface area contributed by atoms with Crippen LogP contribution in [-0.4, -0.2) is 22.8 Å². The third kappa shape index (κ3) is 1.19. The molecule has 0 spiro atoms. The third-order valence-corrected chi connectivity index (χ3v) is 1.46. The molecular weight excluding hydrogens is 146 g/mol. The van der Waals surface area contributed by atoms with Crippen LogP contribution < -0.4 is 4.74 Å². The van der Waals surface area contributed by atoms with Crippen molar-refractivity contribution >= 4 is 5.97 Å². The van der Waals surface area contributed by atoms with Gasteiger partial charge in [0.05, 0.1) is 7.11 Å². The molecule has 0 amide bonds. The van der Waals surface area contributed by atoms with Crippen LogP contribution in [-0.2, 0) is 7.05 Å². The van der Waals surface area contributed by atoms with Gasteiger partial charge in [-0.05, 0) is 6.07 Å². The van der Waals surface area contributed by atoms with Crippen LogP contribution in [0.3, 0.4) is 0 Å². The number of rotatable bonds is 2. The van der Waals surface area contributed by atoms with Gasteiger partial charge in [0.15, 0.2) is 11.4 Å². The maximum atomic E-state index is 10.6. The highest BCUT2D eigenvalue weighted by molar-refractivity contribution is 5.89. The first-order chi connectivity index (χ1) is 5.16. The van der Waals surface area contributed by atoms with E-state index in [0.29, 0.717) is 5.75 Å². The van der Waals surface area contributed by atoms with Crippen LogP contribution in [0.5, 0.6) is 5.75 Å². The monoisotopic (exact) mass is 155 g/mol. The van der Waals surface area contributed by atoms with E-state index < -0.39 is 5.97 Å². The SMILES string of the molecule is COc1ccn(C)c1C(=O)O. The second-order valence-corrected chi connectivity index (χ2v) is 2.15. The van der Waals surface area contributed by atoms with Crippen molar-refractivity contribution in [2.45, 2.75) is 0 Å². The molecule has 1 heterocycles. The average Bonchev–Trinajstić information content (AvgIpc) is 2.30. The fourth-order valence-electron chi connectivity index (χ4n) is 0.928. The van der Waals surface area contributed by atoms with Crippen LogP contribution in [0.4, 0.5) is 0 Å². The molecule has 0 saturated heterocycles. The van der Waals surface area contributed by atoms with Crippen molar-refractivity contribution in [3.8, 4) is 5.75 Å². The lowest BCUT2D eigenvalue weighted by Crippen LogP contribution is -2.05. The summed E-state index contributed by atoms with van der Waals surface area (Å²) in [6.07, 6.45) is 1.64. The largest absolute Gasteiger partial charge is 0.494 e. The average molecular weight is 155 g/mol. The molecule has 60 valence electrons. The molecule has 4 heteroatoms. The predicted octanol–water partition coefficient (Wildman–Crippen LogP) is 0.732. The Morgan fingerprint density at radius 1 is 1.73 bits per heavy atom. The molecule has 11 heavy (non-hydrogen) atoms. The molecule has 0 bridgehead atoms. The van der Waals surface area contributed by atoms with E-state index in [1.165, 1.54) is 11.7 Å². The summed E-state index contributed by atoms with van der Waals surface area (Å²) in [7, 11) is 3.10. The summed E-state index contributed by atoms with van der Waals surface area (Å²) in [5.41, 5.74) is 0.174. The molecule has 1 N–H and O–H groups in total. The van der Waals surface area contributed by atoms with Crippen LogP contribution in [0.1, 0.15) is 10.5 Å². The van der Waals surface area contributed by atoms with Crippen molar-refractivity contribution in [1.82, 2.24) is 4.57 Å². The van der Waals surface area contributed by atoms with E-state index >= 15 is 0 Å². The molecule has 1 aromatic rings. The highest BCUT2D eigenvalue weighted by atomic mass is 16.5. The van der Waals surface area contributed by atoms with Gasteiger partial charge in [0, 0.05) is 13.2 Å². The first-order valence-corrected chi connectivity index (χ1v) is 3.09. The molecule has 4 nitrogen and oxygen atoms in total. The first-order valence-electron chi connectivity index (χ1n) is 3.09. The fraction of sp³-hybridized carbons (Fsp3) is 0.286. The molecule has 0 fully saturated rings. The van der Waals surface area contributed by atoms with Gasteiger partial charge in [0.2, 0.25) is 0 Å². The Hall–Kier alpha value is -1.45. The first kappa shape index (κ1) is 7.65. The number of hydrogen-bond acceptors (Lipinski definition) is 2. The van der Waals surface area contributed by atoms with E-state index in [0.717, 1.165) is 0 Å². The summed E-state index contributed by atoms with van der Waals surface area (Å²) in [5.74, 6) is -0.589. The molecule has 0 unspecified atom stereocenters. The Balaban J connectivity index is 3.17. The van der Waals surface area contributed by atoms with Gasteiger partial charge in [-0.15, -0.1) is 0 Å². The zero-order valence-electron chi connectivity index (χ0n) is 6.37. The van der Waals surface area contributed by atoms with Gasteiger partial charge in [-0.3, -0.25) is 0 Å². The number of ether oxygens (including phenoxy) is 1. The zero-order valence-corrected chi connectivity index (χ0v) is 6.37. The van der Waals surface area contributed by atoms with Gasteiger partial charge in [-0.2, -0.15) is 0 Å². The van der Waals surface area contributed by atoms with Gasteiger partial charge >= 0.3 is 5.97 Å². The lowest BCUT2D eigenvalue weighted by molar-refractivity contribution is 0.0683. The van der Waals surface area contributed by atoms with Crippen LogP contribution >= 0.6 is 0 Å². The maximum absolute atomic E-state index is 10.6. The van der Waals surface area contributed by atoms with Crippen molar-refractivity contribution in [2.75, 3.05) is 7.11 Å². The Morgan fingerprint density at radius 2 is 2.36 bits per heavy atom. The predicted molar refractivity (Wildman–Crippen MR) is 38.9 cm³/mol. The summed E-state index contributed by atoms with van der Waals surface area (Å²) >= 11 is 0. The van der Waals surface area contributed by atoms with Crippen molar-refractivity contribution in [3.63, 3.8) is 0 Å². The number of aromatic carboxylic acids is 1. The second-order valence-electron chi connectivity index (χ2n) is 2.15. The molecule has 0 atom stereocenters. The van der Waals surface area contributed by atoms with Gasteiger partial charge in [-0.1, -0.05) is 0 Å². The number of carbonyl (C=O) groups is 1. The molecular formula is C7H9NO3. The minimum absolute atomic E-state index is 0.174. The summed E-state index contributed by atoms with van der Waals surface area (Å²) in [4.78, 5) is 10.6. The topological polar surface area (TPSA) is 51.5 Å². The number of nitrogens with zero attached hydrogens (tertiary/aromatic N) is 1. The Labute approximate surface area is 64.0 Å². The van der Waals surface area contributed by atoms with E-state index in [1.54, 1.807) is 19.3 Å². The number of aromatic nitrogens is 1. The van der Waals surface area contributed by atoms with E-state index in [9.17, 15) is 4.79 Å². The Morgan fingerprint density at radius 3 is 2.73 bits per heavy atom. The van der Waals surface area contributed by atoms with Crippen molar-refractivity contribution in [1.29, 1.82) is 0 Å². The van der Waals surface area contributed by atoms with E-state index in [4.69, 9.17) is 9.84 Å². The summed E-state index contributed by atoms with van der Waals surface area (Å²) in [6, 6.07) is 1.61. The fourth-order valence-corrected chi connectivity index (χ4v) is 0.928. The number of methoxy groups -OCH3 is 1. The highest BCUT2D eigenvalue weighted by Gasteiger charge is 2.13. The second kappa shape index (κ2) is 2.65. The zero-order chi connectivity index (χ0) is 8.43. The summed E-state index contributed by atoms with van der Waals surface area (Å²) < 4.78 is 6.33. The lowest BCUT2D eigenvalue weighted by Gasteiger charge is -1.99. The van der Waals surface area contributed by atoms with Crippen molar-refractivity contribution in [3.05, 3.63) is 18.0 Å². The van der Waals surface area contributed by atoms with Gasteiger partial charge in [0.1, 0.15) is 0 Å². The van der Waals surface area contributed by atoms with Gasteiger partial charge < -0.3 is 14.4 Å². The van der Waals surface area contributed by atoms with E-state index in [2.05, 4.69) is 0 Å². The van der Waals surface area contributed by atoms with E-state index in [-0.39, 0.29) is 5.69 Å². The lowest BCUT2D eigenvalue weighted by atomic mass is 10.4. The maximum Gasteiger partial charge on any atom is 0.356 e. The Kier molecular flexibility index (Phi) is 1.85. The number of carboxylic acids is 1. The van der Waals surface area contributed by atoms with Crippen LogP contribution in [0.25, 0.3) is 0 Å². The molecule has 0 aliphatic heterocycles. The minimum atomic E-state index is -0.977. The number of carboxylic acid groups (broad SMARTS) is 1. The van der Waals surface area contributed by atoms with E-state index in [1.807, 2.05) is 0 Å². The van der Waals surface area contributed by atoms with Crippen LogP contribution in [0.15, 0.2) is 12.3 Å². The molecule has 1 aromatic heterocycles. The van der Waals surface area contributed by atoms with Crippen molar-refractivity contribution < 1.29 is 14.6 Å². The minimum Gasteiger partial charge on any atom is -0.494 e.